The van der Waals surface area contributed by atoms with Crippen molar-refractivity contribution in [1.82, 2.24) is 0 Å². The Kier molecular flexibility index (Phi) is 7.40. The SMILES string of the molecule is CO[C@@]12C=C[C@@H](CC1)c1c(OC(=O)OCc3ccc([N+](=O)[O-])cc3)c3c(c(O)c12)C(=O)C1C(OC(C)(C)C)CC(=O)CC1C3=O. The van der Waals surface area contributed by atoms with Crippen molar-refractivity contribution < 1.29 is 48.2 Å². The zero-order chi connectivity index (χ0) is 32.4. The number of fused-ring (bicyclic) bond motifs is 3. The molecule has 0 spiro atoms. The van der Waals surface area contributed by atoms with Crippen molar-refractivity contribution in [2.75, 3.05) is 7.11 Å². The molecule has 1 N–H and O–H groups in total. The van der Waals surface area contributed by atoms with Crippen LogP contribution in [0.5, 0.6) is 11.5 Å². The van der Waals surface area contributed by atoms with Crippen LogP contribution < -0.4 is 4.74 Å². The van der Waals surface area contributed by atoms with Gasteiger partial charge in [0.1, 0.15) is 23.7 Å². The first-order valence-corrected chi connectivity index (χ1v) is 14.8. The van der Waals surface area contributed by atoms with Crippen molar-refractivity contribution in [3.63, 3.8) is 0 Å². The van der Waals surface area contributed by atoms with Gasteiger partial charge in [0.2, 0.25) is 0 Å². The van der Waals surface area contributed by atoms with Crippen LogP contribution in [0.1, 0.15) is 89.8 Å². The van der Waals surface area contributed by atoms with Gasteiger partial charge in [-0.2, -0.15) is 0 Å². The highest BCUT2D eigenvalue weighted by molar-refractivity contribution is 6.21. The number of nitrogens with zero attached hydrogens (tertiary/aromatic N) is 1. The highest BCUT2D eigenvalue weighted by atomic mass is 16.7. The van der Waals surface area contributed by atoms with Gasteiger partial charge in [0.05, 0.1) is 33.7 Å². The molecule has 0 heterocycles. The molecule has 0 aliphatic heterocycles. The van der Waals surface area contributed by atoms with E-state index in [0.717, 1.165) is 0 Å². The quantitative estimate of drug-likeness (QED) is 0.143. The van der Waals surface area contributed by atoms with Crippen LogP contribution >= 0.6 is 0 Å². The Morgan fingerprint density at radius 2 is 1.80 bits per heavy atom. The van der Waals surface area contributed by atoms with E-state index in [1.807, 2.05) is 6.08 Å². The lowest BCUT2D eigenvalue weighted by Gasteiger charge is -2.46. The monoisotopic (exact) mass is 619 g/mol. The van der Waals surface area contributed by atoms with Gasteiger partial charge in [-0.25, -0.2) is 4.79 Å². The molecule has 45 heavy (non-hydrogen) atoms. The second-order valence-electron chi connectivity index (χ2n) is 13.0. The molecule has 0 aromatic heterocycles. The molecular formula is C33H33NO11. The number of hydrogen-bond acceptors (Lipinski definition) is 11. The number of phenols is 1. The zero-order valence-corrected chi connectivity index (χ0v) is 25.3. The second-order valence-corrected chi connectivity index (χ2v) is 13.0. The summed E-state index contributed by atoms with van der Waals surface area (Å²) in [5.41, 5.74) is -1.48. The lowest BCUT2D eigenvalue weighted by Crippen LogP contribution is -2.51. The summed E-state index contributed by atoms with van der Waals surface area (Å²) in [5.74, 6) is -4.48. The number of rotatable bonds is 6. The summed E-state index contributed by atoms with van der Waals surface area (Å²) in [4.78, 5) is 65.1. The van der Waals surface area contributed by atoms with Crippen LogP contribution in [0.15, 0.2) is 36.4 Å². The summed E-state index contributed by atoms with van der Waals surface area (Å²) in [6.07, 6.45) is 2.37. The summed E-state index contributed by atoms with van der Waals surface area (Å²) >= 11 is 0. The van der Waals surface area contributed by atoms with Gasteiger partial charge in [-0.05, 0) is 51.3 Å². The number of ether oxygens (including phenoxy) is 4. The molecule has 7 rings (SSSR count). The number of carbonyl (C=O) groups is 4. The number of ketones is 3. The van der Waals surface area contributed by atoms with Crippen molar-refractivity contribution in [2.24, 2.45) is 11.8 Å². The summed E-state index contributed by atoms with van der Waals surface area (Å²) in [5, 5.41) is 22.8. The number of aromatic hydroxyl groups is 1. The normalized spacial score (nSPS) is 26.6. The molecule has 3 unspecified atom stereocenters. The van der Waals surface area contributed by atoms with E-state index in [0.29, 0.717) is 24.0 Å². The fourth-order valence-corrected chi connectivity index (χ4v) is 7.20. The van der Waals surface area contributed by atoms with Gasteiger partial charge in [-0.3, -0.25) is 24.5 Å². The molecule has 0 saturated heterocycles. The number of nitro groups is 1. The first-order chi connectivity index (χ1) is 21.2. The molecule has 5 aliphatic rings. The molecule has 2 aromatic rings. The molecule has 12 heteroatoms. The van der Waals surface area contributed by atoms with E-state index in [-0.39, 0.29) is 59.3 Å². The molecule has 5 aliphatic carbocycles. The van der Waals surface area contributed by atoms with Crippen LogP contribution in [-0.4, -0.2) is 52.3 Å². The van der Waals surface area contributed by atoms with Gasteiger partial charge in [0, 0.05) is 55.0 Å². The number of non-ortho nitro benzene ring substituents is 1. The van der Waals surface area contributed by atoms with Gasteiger partial charge in [0.25, 0.3) is 5.69 Å². The van der Waals surface area contributed by atoms with Gasteiger partial charge in [-0.1, -0.05) is 12.2 Å². The molecule has 2 aromatic carbocycles. The molecule has 12 nitrogen and oxygen atoms in total. The number of phenolic OH excluding ortho intramolecular Hbond substituents is 1. The summed E-state index contributed by atoms with van der Waals surface area (Å²) in [6.45, 7) is 5.08. The Labute approximate surface area is 258 Å². The Balaban J connectivity index is 1.45. The minimum atomic E-state index is -1.18. The lowest BCUT2D eigenvalue weighted by atomic mass is 9.61. The van der Waals surface area contributed by atoms with Crippen LogP contribution in [-0.2, 0) is 31.2 Å². The Bertz CT molecular complexity index is 1670. The summed E-state index contributed by atoms with van der Waals surface area (Å²) < 4.78 is 23.1. The Morgan fingerprint density at radius 1 is 1.09 bits per heavy atom. The predicted molar refractivity (Wildman–Crippen MR) is 156 cm³/mol. The lowest BCUT2D eigenvalue weighted by molar-refractivity contribution is -0.384. The van der Waals surface area contributed by atoms with Gasteiger partial charge >= 0.3 is 6.16 Å². The van der Waals surface area contributed by atoms with Crippen LogP contribution in [0.4, 0.5) is 10.5 Å². The molecular weight excluding hydrogens is 586 g/mol. The Hall–Kier alpha value is -4.42. The maximum atomic E-state index is 14.3. The van der Waals surface area contributed by atoms with Crippen molar-refractivity contribution >= 4 is 29.2 Å². The molecule has 2 bridgehead atoms. The third-order valence-corrected chi connectivity index (χ3v) is 9.08. The fraction of sp³-hybridized carbons (Fsp3) is 0.455. The molecule has 1 fully saturated rings. The van der Waals surface area contributed by atoms with Crippen molar-refractivity contribution in [3.05, 3.63) is 74.3 Å². The fourth-order valence-electron chi connectivity index (χ4n) is 7.20. The highest BCUT2D eigenvalue weighted by Gasteiger charge is 2.56. The number of benzene rings is 2. The number of hydrogen-bond donors (Lipinski definition) is 1. The van der Waals surface area contributed by atoms with E-state index >= 15 is 0 Å². The number of allylic oxidation sites excluding steroid dienone is 1. The standard InChI is InChI=1S/C33H33NO11/c1-32(2,3)45-21-14-19(35)13-20-23(21)28(37)24-25(27(20)36)30(22-17-9-11-33(42-4,12-10-17)26(22)29(24)38)44-31(39)43-15-16-5-7-18(8-6-16)34(40)41/h5-9,11,17,20-21,23,38H,10,12-15H2,1-4H3/t17-,20?,21?,23?,33-/m0/s1. The highest BCUT2D eigenvalue weighted by Crippen LogP contribution is 2.59. The van der Waals surface area contributed by atoms with E-state index in [1.54, 1.807) is 26.8 Å². The van der Waals surface area contributed by atoms with Crippen LogP contribution in [0, 0.1) is 22.0 Å². The number of methoxy groups -OCH3 is 1. The van der Waals surface area contributed by atoms with Crippen LogP contribution in [0.25, 0.3) is 0 Å². The number of Topliss-reactive ketones (excluding diaryl/α,β-unsaturated/α-hetero) is 3. The van der Waals surface area contributed by atoms with Gasteiger partial charge < -0.3 is 24.1 Å². The topological polar surface area (TPSA) is 169 Å². The average Bonchev–Trinajstić information content (AvgIpc) is 2.99. The largest absolute Gasteiger partial charge is 0.514 e. The van der Waals surface area contributed by atoms with Crippen molar-refractivity contribution in [1.29, 1.82) is 0 Å². The first kappa shape index (κ1) is 30.6. The molecule has 236 valence electrons. The maximum Gasteiger partial charge on any atom is 0.514 e. The van der Waals surface area contributed by atoms with E-state index < -0.39 is 57.5 Å². The third-order valence-electron chi connectivity index (χ3n) is 9.08. The van der Waals surface area contributed by atoms with E-state index in [2.05, 4.69) is 0 Å². The molecule has 0 amide bonds. The average molecular weight is 620 g/mol. The van der Waals surface area contributed by atoms with Crippen LogP contribution in [0.3, 0.4) is 0 Å². The van der Waals surface area contributed by atoms with Gasteiger partial charge in [-0.15, -0.1) is 0 Å². The van der Waals surface area contributed by atoms with E-state index in [1.165, 1.54) is 31.4 Å². The first-order valence-electron chi connectivity index (χ1n) is 14.8. The molecule has 5 atom stereocenters. The maximum absolute atomic E-state index is 14.3. The molecule has 1 saturated carbocycles. The minimum absolute atomic E-state index is 0.0519. The smallest absolute Gasteiger partial charge is 0.507 e. The Morgan fingerprint density at radius 3 is 2.40 bits per heavy atom. The predicted octanol–water partition coefficient (Wildman–Crippen LogP) is 5.46. The molecule has 0 radical (unpaired) electrons. The van der Waals surface area contributed by atoms with Gasteiger partial charge in [0.15, 0.2) is 17.3 Å². The van der Waals surface area contributed by atoms with E-state index in [9.17, 15) is 34.4 Å². The van der Waals surface area contributed by atoms with E-state index in [4.69, 9.17) is 18.9 Å². The number of nitro benzene ring substituents is 1. The second kappa shape index (κ2) is 10.9. The minimum Gasteiger partial charge on any atom is -0.507 e. The third kappa shape index (κ3) is 5.11. The van der Waals surface area contributed by atoms with Crippen molar-refractivity contribution in [2.45, 2.75) is 76.3 Å². The van der Waals surface area contributed by atoms with Crippen molar-refractivity contribution in [3.8, 4) is 11.5 Å². The zero-order valence-electron chi connectivity index (χ0n) is 25.3. The summed E-state index contributed by atoms with van der Waals surface area (Å²) in [7, 11) is 1.47. The van der Waals surface area contributed by atoms with Crippen LogP contribution in [0.2, 0.25) is 0 Å². The number of carbonyl (C=O) groups excluding carboxylic acids is 4. The summed E-state index contributed by atoms with van der Waals surface area (Å²) in [6, 6.07) is 5.40.